The predicted molar refractivity (Wildman–Crippen MR) is 65.5 cm³/mol. The van der Waals surface area contributed by atoms with Gasteiger partial charge < -0.3 is 5.73 Å². The van der Waals surface area contributed by atoms with Crippen molar-refractivity contribution in [2.24, 2.45) is 0 Å². The highest BCUT2D eigenvalue weighted by atomic mass is 16.6. The molecule has 0 saturated heterocycles. The van der Waals surface area contributed by atoms with Crippen LogP contribution in [0.2, 0.25) is 0 Å². The van der Waals surface area contributed by atoms with Crippen molar-refractivity contribution in [3.63, 3.8) is 0 Å². The number of nitrogens with zero attached hydrogens (tertiary/aromatic N) is 3. The van der Waals surface area contributed by atoms with Crippen molar-refractivity contribution in [2.75, 3.05) is 5.73 Å². The molecule has 0 aliphatic rings. The van der Waals surface area contributed by atoms with E-state index in [1.165, 1.54) is 12.3 Å². The van der Waals surface area contributed by atoms with E-state index in [1.54, 1.807) is 24.3 Å². The molecule has 1 aromatic carbocycles. The van der Waals surface area contributed by atoms with Gasteiger partial charge in [-0.3, -0.25) is 10.1 Å². The molecule has 0 saturated carbocycles. The van der Waals surface area contributed by atoms with Crippen LogP contribution in [0, 0.1) is 21.4 Å². The van der Waals surface area contributed by atoms with Crippen LogP contribution in [0.5, 0.6) is 0 Å². The molecule has 2 rings (SSSR count). The molecule has 18 heavy (non-hydrogen) atoms. The Bertz CT molecular complexity index is 644. The Morgan fingerprint density at radius 3 is 2.50 bits per heavy atom. The van der Waals surface area contributed by atoms with Gasteiger partial charge in [0.15, 0.2) is 0 Å². The number of nitrogens with two attached hydrogens (primary N) is 1. The van der Waals surface area contributed by atoms with Gasteiger partial charge >= 0.3 is 5.69 Å². The fourth-order valence-corrected chi connectivity index (χ4v) is 1.62. The van der Waals surface area contributed by atoms with E-state index in [9.17, 15) is 10.1 Å². The molecule has 2 N–H and O–H groups in total. The third-order valence-corrected chi connectivity index (χ3v) is 2.46. The number of rotatable bonds is 2. The molecule has 2 aromatic rings. The van der Waals surface area contributed by atoms with E-state index < -0.39 is 4.92 Å². The molecule has 1 heterocycles. The molecule has 0 unspecified atom stereocenters. The maximum absolute atomic E-state index is 11.0. The summed E-state index contributed by atoms with van der Waals surface area (Å²) in [5.74, 6) is -0.123. The maximum Gasteiger partial charge on any atom is 0.318 e. The van der Waals surface area contributed by atoms with Crippen molar-refractivity contribution in [1.29, 1.82) is 5.26 Å². The first-order valence-corrected chi connectivity index (χ1v) is 5.03. The first-order valence-electron chi connectivity index (χ1n) is 5.03. The summed E-state index contributed by atoms with van der Waals surface area (Å²) >= 11 is 0. The third-order valence-electron chi connectivity index (χ3n) is 2.46. The molecule has 0 bridgehead atoms. The zero-order valence-electron chi connectivity index (χ0n) is 9.20. The van der Waals surface area contributed by atoms with Gasteiger partial charge in [-0.1, -0.05) is 12.1 Å². The zero-order chi connectivity index (χ0) is 13.1. The van der Waals surface area contributed by atoms with E-state index in [4.69, 9.17) is 11.0 Å². The number of nitro groups is 1. The second-order valence-corrected chi connectivity index (χ2v) is 3.54. The topological polar surface area (TPSA) is 106 Å². The van der Waals surface area contributed by atoms with Crippen LogP contribution in [0.4, 0.5) is 11.5 Å². The highest BCUT2D eigenvalue weighted by molar-refractivity contribution is 5.79. The summed E-state index contributed by atoms with van der Waals surface area (Å²) in [6.07, 6.45) is 1.41. The van der Waals surface area contributed by atoms with Crippen LogP contribution in [0.3, 0.4) is 0 Å². The molecule has 0 fully saturated rings. The Balaban J connectivity index is 2.60. The Kier molecular flexibility index (Phi) is 2.89. The molecular formula is C12H8N4O2. The number of hydrogen-bond acceptors (Lipinski definition) is 5. The maximum atomic E-state index is 11.0. The minimum Gasteiger partial charge on any atom is -0.378 e. The fraction of sp³-hybridized carbons (Fsp3) is 0. The Hall–Kier alpha value is -2.94. The van der Waals surface area contributed by atoms with Crippen molar-refractivity contribution < 1.29 is 4.92 Å². The minimum atomic E-state index is -0.560. The van der Waals surface area contributed by atoms with Gasteiger partial charge in [0, 0.05) is 6.20 Å². The molecule has 6 nitrogen and oxygen atoms in total. The molecule has 0 atom stereocenters. The van der Waals surface area contributed by atoms with Crippen molar-refractivity contribution >= 4 is 11.5 Å². The second kappa shape index (κ2) is 4.51. The van der Waals surface area contributed by atoms with Crippen LogP contribution in [0.1, 0.15) is 5.56 Å². The van der Waals surface area contributed by atoms with Gasteiger partial charge in [0.1, 0.15) is 0 Å². The van der Waals surface area contributed by atoms with E-state index in [-0.39, 0.29) is 11.5 Å². The molecule has 0 aliphatic carbocycles. The Labute approximate surface area is 102 Å². The second-order valence-electron chi connectivity index (χ2n) is 3.54. The van der Waals surface area contributed by atoms with Crippen LogP contribution in [0.15, 0.2) is 36.5 Å². The normalized spacial score (nSPS) is 9.72. The standard InChI is InChI=1S/C12H8N4O2/c13-7-8-1-3-9(4-2-8)10-5-6-15-12(14)11(10)16(17)18/h1-6H,(H2,14,15). The third kappa shape index (κ3) is 1.97. The van der Waals surface area contributed by atoms with E-state index >= 15 is 0 Å². The number of anilines is 1. The van der Waals surface area contributed by atoms with E-state index in [0.717, 1.165) is 0 Å². The highest BCUT2D eigenvalue weighted by Crippen LogP contribution is 2.32. The summed E-state index contributed by atoms with van der Waals surface area (Å²) in [5.41, 5.74) is 6.79. The Morgan fingerprint density at radius 1 is 1.28 bits per heavy atom. The summed E-state index contributed by atoms with van der Waals surface area (Å²) < 4.78 is 0. The smallest absolute Gasteiger partial charge is 0.318 e. The van der Waals surface area contributed by atoms with Crippen molar-refractivity contribution in [3.8, 4) is 17.2 Å². The van der Waals surface area contributed by atoms with Crippen molar-refractivity contribution in [1.82, 2.24) is 4.98 Å². The van der Waals surface area contributed by atoms with Gasteiger partial charge in [-0.15, -0.1) is 0 Å². The average molecular weight is 240 g/mol. The van der Waals surface area contributed by atoms with Gasteiger partial charge in [0.25, 0.3) is 0 Å². The van der Waals surface area contributed by atoms with Gasteiger partial charge in [-0.05, 0) is 23.8 Å². The summed E-state index contributed by atoms with van der Waals surface area (Å²) in [5, 5.41) is 19.7. The number of pyridine rings is 1. The average Bonchev–Trinajstić information content (AvgIpc) is 2.38. The molecule has 0 amide bonds. The van der Waals surface area contributed by atoms with E-state index in [2.05, 4.69) is 4.98 Å². The van der Waals surface area contributed by atoms with Crippen molar-refractivity contribution in [2.45, 2.75) is 0 Å². The SMILES string of the molecule is N#Cc1ccc(-c2ccnc(N)c2[N+](=O)[O-])cc1. The van der Waals surface area contributed by atoms with Gasteiger partial charge in [0.05, 0.1) is 22.1 Å². The summed E-state index contributed by atoms with van der Waals surface area (Å²) in [7, 11) is 0. The lowest BCUT2D eigenvalue weighted by Crippen LogP contribution is -2.00. The Morgan fingerprint density at radius 2 is 1.94 bits per heavy atom. The van der Waals surface area contributed by atoms with Gasteiger partial charge in [-0.2, -0.15) is 5.26 Å². The quantitative estimate of drug-likeness (QED) is 0.639. The zero-order valence-corrected chi connectivity index (χ0v) is 9.20. The number of benzene rings is 1. The molecule has 0 aliphatic heterocycles. The van der Waals surface area contributed by atoms with Crippen LogP contribution < -0.4 is 5.73 Å². The summed E-state index contributed by atoms with van der Waals surface area (Å²) in [6.45, 7) is 0. The van der Waals surface area contributed by atoms with E-state index in [0.29, 0.717) is 16.7 Å². The molecular weight excluding hydrogens is 232 g/mol. The largest absolute Gasteiger partial charge is 0.378 e. The summed E-state index contributed by atoms with van der Waals surface area (Å²) in [4.78, 5) is 14.1. The lowest BCUT2D eigenvalue weighted by Gasteiger charge is -2.04. The van der Waals surface area contributed by atoms with Crippen LogP contribution in [-0.4, -0.2) is 9.91 Å². The number of aromatic nitrogens is 1. The molecule has 88 valence electrons. The first kappa shape index (κ1) is 11.5. The molecule has 1 aromatic heterocycles. The number of nitrogen functional groups attached to an aromatic ring is 1. The van der Waals surface area contributed by atoms with E-state index in [1.807, 2.05) is 6.07 Å². The molecule has 6 heteroatoms. The lowest BCUT2D eigenvalue weighted by molar-refractivity contribution is -0.383. The molecule has 0 radical (unpaired) electrons. The highest BCUT2D eigenvalue weighted by Gasteiger charge is 2.19. The fourth-order valence-electron chi connectivity index (χ4n) is 1.62. The lowest BCUT2D eigenvalue weighted by atomic mass is 10.0. The summed E-state index contributed by atoms with van der Waals surface area (Å²) in [6, 6.07) is 9.97. The molecule has 0 spiro atoms. The number of nitriles is 1. The minimum absolute atomic E-state index is 0.123. The van der Waals surface area contributed by atoms with Gasteiger partial charge in [-0.25, -0.2) is 4.98 Å². The van der Waals surface area contributed by atoms with Crippen LogP contribution >= 0.6 is 0 Å². The number of hydrogen-bond donors (Lipinski definition) is 1. The first-order chi connectivity index (χ1) is 8.63. The van der Waals surface area contributed by atoms with Gasteiger partial charge in [0.2, 0.25) is 5.82 Å². The predicted octanol–water partition coefficient (Wildman–Crippen LogP) is 2.11. The monoisotopic (exact) mass is 240 g/mol. The van der Waals surface area contributed by atoms with Crippen LogP contribution in [-0.2, 0) is 0 Å². The van der Waals surface area contributed by atoms with Crippen molar-refractivity contribution in [3.05, 3.63) is 52.2 Å². The van der Waals surface area contributed by atoms with Crippen LogP contribution in [0.25, 0.3) is 11.1 Å².